The van der Waals surface area contributed by atoms with Crippen LogP contribution < -0.4 is 0 Å². The first kappa shape index (κ1) is 13.7. The van der Waals surface area contributed by atoms with Crippen molar-refractivity contribution in [3.05, 3.63) is 65.2 Å². The summed E-state index contributed by atoms with van der Waals surface area (Å²) >= 11 is 4.23. The number of hydrogen-bond donors (Lipinski definition) is 2. The molecule has 0 radical (unpaired) electrons. The highest BCUT2D eigenvalue weighted by atomic mass is 32.1. The van der Waals surface area contributed by atoms with Crippen molar-refractivity contribution in [2.24, 2.45) is 0 Å². The van der Waals surface area contributed by atoms with E-state index >= 15 is 0 Å². The van der Waals surface area contributed by atoms with Gasteiger partial charge >= 0.3 is 6.18 Å². The molecule has 98 valence electrons. The minimum atomic E-state index is -4.36. The molecule has 19 heavy (non-hydrogen) atoms. The fraction of sp³-hybridized carbons (Fsp3) is 0.0714. The largest absolute Gasteiger partial charge is 0.416 e. The number of rotatable bonds is 2. The van der Waals surface area contributed by atoms with E-state index in [9.17, 15) is 13.2 Å². The van der Waals surface area contributed by atoms with Crippen LogP contribution in [0.25, 0.3) is 0 Å². The molecule has 1 N–H and O–H groups in total. The van der Waals surface area contributed by atoms with Crippen molar-refractivity contribution in [2.75, 3.05) is 0 Å². The van der Waals surface area contributed by atoms with Gasteiger partial charge in [0.15, 0.2) is 0 Å². The monoisotopic (exact) mass is 281 g/mol. The molecule has 0 fully saturated rings. The normalized spacial score (nSPS) is 11.4. The van der Waals surface area contributed by atoms with Crippen LogP contribution in [0.15, 0.2) is 53.4 Å². The Kier molecular flexibility index (Phi) is 3.66. The van der Waals surface area contributed by atoms with Gasteiger partial charge in [0.25, 0.3) is 0 Å². The predicted octanol–water partition coefficient (Wildman–Crippen LogP) is 4.41. The average molecular weight is 281 g/mol. The van der Waals surface area contributed by atoms with E-state index in [4.69, 9.17) is 5.41 Å². The highest BCUT2D eigenvalue weighted by Gasteiger charge is 2.30. The van der Waals surface area contributed by atoms with Crippen molar-refractivity contribution in [1.29, 1.82) is 5.41 Å². The molecule has 0 aliphatic carbocycles. The highest BCUT2D eigenvalue weighted by molar-refractivity contribution is 7.80. The van der Waals surface area contributed by atoms with Gasteiger partial charge in [0.1, 0.15) is 0 Å². The molecule has 0 amide bonds. The molecule has 0 bridgehead atoms. The maximum Gasteiger partial charge on any atom is 0.416 e. The lowest BCUT2D eigenvalue weighted by atomic mass is 10.0. The summed E-state index contributed by atoms with van der Waals surface area (Å²) in [4.78, 5) is 0.618. The van der Waals surface area contributed by atoms with Gasteiger partial charge in [-0.05, 0) is 18.2 Å². The second-order valence-corrected chi connectivity index (χ2v) is 4.45. The molecule has 2 rings (SSSR count). The zero-order valence-electron chi connectivity index (χ0n) is 9.70. The first-order chi connectivity index (χ1) is 8.89. The zero-order chi connectivity index (χ0) is 14.0. The van der Waals surface area contributed by atoms with E-state index in [0.29, 0.717) is 16.0 Å². The van der Waals surface area contributed by atoms with Gasteiger partial charge in [-0.2, -0.15) is 13.2 Å². The third-order valence-electron chi connectivity index (χ3n) is 2.67. The molecule has 0 aliphatic heterocycles. The third-order valence-corrected chi connectivity index (χ3v) is 3.06. The van der Waals surface area contributed by atoms with Crippen molar-refractivity contribution >= 4 is 18.3 Å². The van der Waals surface area contributed by atoms with Crippen molar-refractivity contribution in [1.82, 2.24) is 0 Å². The Morgan fingerprint density at radius 1 is 0.947 bits per heavy atom. The van der Waals surface area contributed by atoms with Crippen LogP contribution in [0, 0.1) is 5.41 Å². The second-order valence-electron chi connectivity index (χ2n) is 3.97. The Bertz CT molecular complexity index is 603. The van der Waals surface area contributed by atoms with Gasteiger partial charge in [-0.25, -0.2) is 0 Å². The molecule has 0 aliphatic rings. The maximum absolute atomic E-state index is 12.4. The Morgan fingerprint density at radius 2 is 1.53 bits per heavy atom. The molecule has 2 aromatic rings. The fourth-order valence-electron chi connectivity index (χ4n) is 1.67. The summed E-state index contributed by atoms with van der Waals surface area (Å²) in [5.74, 6) is 0. The van der Waals surface area contributed by atoms with Gasteiger partial charge in [0.05, 0.1) is 11.3 Å². The van der Waals surface area contributed by atoms with E-state index in [-0.39, 0.29) is 5.71 Å². The number of nitrogens with one attached hydrogen (secondary N) is 1. The Balaban J connectivity index is 2.34. The van der Waals surface area contributed by atoms with Crippen molar-refractivity contribution < 1.29 is 13.2 Å². The van der Waals surface area contributed by atoms with E-state index < -0.39 is 11.7 Å². The summed E-state index contributed by atoms with van der Waals surface area (Å²) < 4.78 is 37.3. The van der Waals surface area contributed by atoms with Crippen LogP contribution in [-0.2, 0) is 6.18 Å². The summed E-state index contributed by atoms with van der Waals surface area (Å²) in [5.41, 5.74) is 0.447. The van der Waals surface area contributed by atoms with Gasteiger partial charge in [-0.1, -0.05) is 30.3 Å². The van der Waals surface area contributed by atoms with E-state index in [2.05, 4.69) is 12.6 Å². The Morgan fingerprint density at radius 3 is 2.05 bits per heavy atom. The van der Waals surface area contributed by atoms with Crippen LogP contribution in [-0.4, -0.2) is 5.71 Å². The maximum atomic E-state index is 12.4. The summed E-state index contributed by atoms with van der Waals surface area (Å²) in [5, 5.41) is 8.01. The first-order valence-electron chi connectivity index (χ1n) is 5.44. The Hall–Kier alpha value is -1.75. The van der Waals surface area contributed by atoms with Gasteiger partial charge in [-0.15, -0.1) is 12.6 Å². The molecular weight excluding hydrogens is 271 g/mol. The second kappa shape index (κ2) is 5.09. The van der Waals surface area contributed by atoms with Crippen LogP contribution in [0.3, 0.4) is 0 Å². The molecule has 0 heterocycles. The minimum Gasteiger partial charge on any atom is -0.300 e. The first-order valence-corrected chi connectivity index (χ1v) is 5.89. The minimum absolute atomic E-state index is 0.152. The van der Waals surface area contributed by atoms with Gasteiger partial charge in [-0.3, -0.25) is 5.41 Å². The van der Waals surface area contributed by atoms with E-state index in [1.54, 1.807) is 24.3 Å². The lowest BCUT2D eigenvalue weighted by molar-refractivity contribution is -0.137. The standard InChI is InChI=1S/C14H10F3NS/c15-14(16,17)10-7-5-9(6-8-10)13(18)11-3-1-2-4-12(11)19/h1-8,18-19H. The molecular formula is C14H10F3NS. The van der Waals surface area contributed by atoms with Crippen LogP contribution in [0.5, 0.6) is 0 Å². The summed E-state index contributed by atoms with van der Waals surface area (Å²) in [6.07, 6.45) is -4.36. The van der Waals surface area contributed by atoms with Gasteiger partial charge < -0.3 is 0 Å². The number of thiol groups is 1. The molecule has 0 unspecified atom stereocenters. The van der Waals surface area contributed by atoms with Gasteiger partial charge in [0.2, 0.25) is 0 Å². The van der Waals surface area contributed by atoms with Gasteiger partial charge in [0, 0.05) is 16.0 Å². The number of alkyl halides is 3. The molecule has 5 heteroatoms. The third kappa shape index (κ3) is 2.98. The molecule has 1 nitrogen and oxygen atoms in total. The topological polar surface area (TPSA) is 23.9 Å². The van der Waals surface area contributed by atoms with E-state index in [1.807, 2.05) is 0 Å². The van der Waals surface area contributed by atoms with Crippen LogP contribution in [0.2, 0.25) is 0 Å². The summed E-state index contributed by atoms with van der Waals surface area (Å²) in [6.45, 7) is 0. The predicted molar refractivity (Wildman–Crippen MR) is 71.1 cm³/mol. The molecule has 0 spiro atoms. The summed E-state index contributed by atoms with van der Waals surface area (Å²) in [6, 6.07) is 11.5. The van der Waals surface area contributed by atoms with Crippen molar-refractivity contribution in [3.8, 4) is 0 Å². The Labute approximate surface area is 114 Å². The van der Waals surface area contributed by atoms with Crippen molar-refractivity contribution in [3.63, 3.8) is 0 Å². The molecule has 0 saturated heterocycles. The van der Waals surface area contributed by atoms with E-state index in [1.165, 1.54) is 12.1 Å². The molecule has 0 atom stereocenters. The average Bonchev–Trinajstić information content (AvgIpc) is 2.38. The van der Waals surface area contributed by atoms with Crippen molar-refractivity contribution in [2.45, 2.75) is 11.1 Å². The summed E-state index contributed by atoms with van der Waals surface area (Å²) in [7, 11) is 0. The molecule has 2 aromatic carbocycles. The molecule has 0 aromatic heterocycles. The highest BCUT2D eigenvalue weighted by Crippen LogP contribution is 2.29. The lowest BCUT2D eigenvalue weighted by Crippen LogP contribution is -2.07. The van der Waals surface area contributed by atoms with Crippen LogP contribution in [0.4, 0.5) is 13.2 Å². The fourth-order valence-corrected chi connectivity index (χ4v) is 1.94. The number of halogens is 3. The molecule has 0 saturated carbocycles. The zero-order valence-corrected chi connectivity index (χ0v) is 10.6. The number of benzene rings is 2. The quantitative estimate of drug-likeness (QED) is 0.602. The van der Waals surface area contributed by atoms with Crippen LogP contribution >= 0.6 is 12.6 Å². The lowest BCUT2D eigenvalue weighted by Gasteiger charge is -2.09. The smallest absolute Gasteiger partial charge is 0.300 e. The van der Waals surface area contributed by atoms with E-state index in [0.717, 1.165) is 12.1 Å². The SMILES string of the molecule is N=C(c1ccc(C(F)(F)F)cc1)c1ccccc1S. The van der Waals surface area contributed by atoms with Crippen LogP contribution in [0.1, 0.15) is 16.7 Å². The number of hydrogen-bond acceptors (Lipinski definition) is 2.